The van der Waals surface area contributed by atoms with Gasteiger partial charge in [0.1, 0.15) is 28.6 Å². The molecule has 1 aliphatic heterocycles. The molecule has 0 saturated heterocycles. The molecule has 1 spiro atoms. The summed E-state index contributed by atoms with van der Waals surface area (Å²) in [6.45, 7) is 7.38. The normalized spacial score (nSPS) is 17.6. The van der Waals surface area contributed by atoms with Crippen molar-refractivity contribution < 1.29 is 23.5 Å². The van der Waals surface area contributed by atoms with E-state index in [1.807, 2.05) is 18.2 Å². The number of aryl methyl sites for hydroxylation is 2. The van der Waals surface area contributed by atoms with Crippen LogP contribution in [-0.2, 0) is 22.4 Å². The minimum absolute atomic E-state index is 0.0595. The van der Waals surface area contributed by atoms with Gasteiger partial charge < -0.3 is 19.2 Å². The fraction of sp³-hybridized carbons (Fsp3) is 0.469. The van der Waals surface area contributed by atoms with Crippen LogP contribution in [0.3, 0.4) is 0 Å². The molecule has 2 amide bonds. The number of rotatable bonds is 5. The Hall–Kier alpha value is -3.81. The maximum Gasteiger partial charge on any atom is 0.408 e. The second kappa shape index (κ2) is 11.4. The van der Waals surface area contributed by atoms with Crippen LogP contribution in [0.4, 0.5) is 4.79 Å². The average Bonchev–Trinajstić information content (AvgIpc) is 2.93. The average molecular weight is 546 g/mol. The quantitative estimate of drug-likeness (QED) is 0.371. The molecule has 212 valence electrons. The number of ether oxygens (including phenoxy) is 2. The van der Waals surface area contributed by atoms with Gasteiger partial charge in [-0.3, -0.25) is 4.79 Å². The summed E-state index contributed by atoms with van der Waals surface area (Å²) in [6.07, 6.45) is 8.05. The maximum absolute atomic E-state index is 13.3. The second-order valence-corrected chi connectivity index (χ2v) is 11.8. The van der Waals surface area contributed by atoms with Crippen LogP contribution < -0.4 is 21.0 Å². The Morgan fingerprint density at radius 1 is 1.05 bits per heavy atom. The van der Waals surface area contributed by atoms with Gasteiger partial charge in [-0.25, -0.2) is 10.2 Å². The molecule has 8 heteroatoms. The van der Waals surface area contributed by atoms with E-state index >= 15 is 0 Å². The van der Waals surface area contributed by atoms with Crippen LogP contribution in [0.1, 0.15) is 89.0 Å². The van der Waals surface area contributed by atoms with Gasteiger partial charge in [0.05, 0.1) is 0 Å². The van der Waals surface area contributed by atoms with Gasteiger partial charge in [0.2, 0.25) is 5.55 Å². The Bertz CT molecular complexity index is 1450. The van der Waals surface area contributed by atoms with Crippen LogP contribution in [-0.4, -0.2) is 23.2 Å². The number of hydrogen-bond acceptors (Lipinski definition) is 6. The molecule has 2 N–H and O–H groups in total. The molecular weight excluding hydrogens is 506 g/mol. The lowest BCUT2D eigenvalue weighted by molar-refractivity contribution is -0.123. The molecule has 2 heterocycles. The van der Waals surface area contributed by atoms with Crippen LogP contribution >= 0.6 is 0 Å². The van der Waals surface area contributed by atoms with Gasteiger partial charge in [0.15, 0.2) is 0 Å². The van der Waals surface area contributed by atoms with Gasteiger partial charge >= 0.3 is 6.09 Å². The van der Waals surface area contributed by atoms with E-state index in [4.69, 9.17) is 13.9 Å². The van der Waals surface area contributed by atoms with E-state index in [9.17, 15) is 9.59 Å². The Morgan fingerprint density at radius 2 is 1.80 bits per heavy atom. The third kappa shape index (κ3) is 6.32. The summed E-state index contributed by atoms with van der Waals surface area (Å²) >= 11 is 0. The minimum atomic E-state index is -1.00. The number of carbonyl (C=O) groups excluding carboxylic acids is 2. The van der Waals surface area contributed by atoms with E-state index in [0.29, 0.717) is 11.1 Å². The molecule has 1 aromatic heterocycles. The highest BCUT2D eigenvalue weighted by Crippen LogP contribution is 2.43. The summed E-state index contributed by atoms with van der Waals surface area (Å²) in [7, 11) is 0. The number of hydrogen-bond donors (Lipinski definition) is 2. The highest BCUT2D eigenvalue weighted by molar-refractivity contribution is 5.87. The molecule has 0 bridgehead atoms. The summed E-state index contributed by atoms with van der Waals surface area (Å²) in [5.74, 6) is 0.372. The summed E-state index contributed by atoms with van der Waals surface area (Å²) < 4.78 is 18.2. The zero-order chi connectivity index (χ0) is 28.3. The van der Waals surface area contributed by atoms with Crippen LogP contribution in [0.2, 0.25) is 0 Å². The smallest absolute Gasteiger partial charge is 0.408 e. The largest absolute Gasteiger partial charge is 0.487 e. The van der Waals surface area contributed by atoms with Gasteiger partial charge in [-0.1, -0.05) is 43.7 Å². The highest BCUT2D eigenvalue weighted by atomic mass is 16.6. The summed E-state index contributed by atoms with van der Waals surface area (Å²) in [5, 5.41) is 7.98. The first kappa shape index (κ1) is 27.7. The third-order valence-electron chi connectivity index (χ3n) is 7.68. The van der Waals surface area contributed by atoms with E-state index in [1.165, 1.54) is 24.8 Å². The molecule has 2 aliphatic rings. The van der Waals surface area contributed by atoms with Gasteiger partial charge in [-0.05, 0) is 88.5 Å². The van der Waals surface area contributed by atoms with Crippen LogP contribution in [0.25, 0.3) is 11.0 Å². The standard InChI is InChI=1S/C32H39N3O5/c1-5-21-19-27(34-35-29(36)28(22-12-8-6-9-13-22)33-30(37)40-31(2,3)4)38-26-20-25-23(18-24(21)26)14-17-32(39-25)15-10-7-11-16-32/h6,8-9,12-13,18-20,28H,5,7,10-11,14-17H2,1-4H3,(H,33,37)(H,35,36)/b34-27-. The molecule has 1 saturated carbocycles. The second-order valence-electron chi connectivity index (χ2n) is 11.8. The zero-order valence-corrected chi connectivity index (χ0v) is 23.8. The Kier molecular flexibility index (Phi) is 7.88. The lowest BCUT2D eigenvalue weighted by Gasteiger charge is -2.41. The van der Waals surface area contributed by atoms with Crippen molar-refractivity contribution in [3.8, 4) is 5.75 Å². The number of alkyl carbamates (subject to hydrolysis) is 1. The molecule has 0 radical (unpaired) electrons. The van der Waals surface area contributed by atoms with E-state index in [-0.39, 0.29) is 11.2 Å². The van der Waals surface area contributed by atoms with Crippen LogP contribution in [0.15, 0.2) is 58.0 Å². The molecule has 3 aromatic rings. The minimum Gasteiger partial charge on any atom is -0.487 e. The predicted octanol–water partition coefficient (Wildman–Crippen LogP) is 6.22. The van der Waals surface area contributed by atoms with Gasteiger partial charge in [0, 0.05) is 17.5 Å². The number of benzene rings is 2. The van der Waals surface area contributed by atoms with Crippen molar-refractivity contribution >= 4 is 23.0 Å². The lowest BCUT2D eigenvalue weighted by Crippen LogP contribution is -2.41. The van der Waals surface area contributed by atoms with Crippen molar-refractivity contribution in [3.05, 3.63) is 70.8 Å². The van der Waals surface area contributed by atoms with Gasteiger partial charge in [-0.15, -0.1) is 5.10 Å². The van der Waals surface area contributed by atoms with Crippen molar-refractivity contribution in [3.63, 3.8) is 0 Å². The molecule has 40 heavy (non-hydrogen) atoms. The maximum atomic E-state index is 13.3. The molecule has 8 nitrogen and oxygen atoms in total. The summed E-state index contributed by atoms with van der Waals surface area (Å²) in [4.78, 5) is 25.8. The fourth-order valence-electron chi connectivity index (χ4n) is 5.69. The van der Waals surface area contributed by atoms with E-state index in [2.05, 4.69) is 28.8 Å². The van der Waals surface area contributed by atoms with Crippen molar-refractivity contribution in [2.75, 3.05) is 0 Å². The molecular formula is C32H39N3O5. The molecule has 1 aliphatic carbocycles. The zero-order valence-electron chi connectivity index (χ0n) is 23.8. The molecule has 1 atom stereocenters. The lowest BCUT2D eigenvalue weighted by atomic mass is 9.79. The van der Waals surface area contributed by atoms with Crippen molar-refractivity contribution in [2.45, 2.75) is 96.3 Å². The highest BCUT2D eigenvalue weighted by Gasteiger charge is 2.37. The Labute approximate surface area is 235 Å². The predicted molar refractivity (Wildman–Crippen MR) is 153 cm³/mol. The molecule has 2 aromatic carbocycles. The first-order valence-corrected chi connectivity index (χ1v) is 14.3. The Morgan fingerprint density at radius 3 is 2.50 bits per heavy atom. The molecule has 5 rings (SSSR count). The van der Waals surface area contributed by atoms with E-state index in [0.717, 1.165) is 48.8 Å². The number of fused-ring (bicyclic) bond motifs is 2. The molecule has 1 fully saturated rings. The van der Waals surface area contributed by atoms with Crippen molar-refractivity contribution in [1.29, 1.82) is 0 Å². The first-order valence-electron chi connectivity index (χ1n) is 14.3. The number of carbonyl (C=O) groups is 2. The number of amides is 2. The van der Waals surface area contributed by atoms with Gasteiger partial charge in [-0.2, -0.15) is 0 Å². The van der Waals surface area contributed by atoms with Crippen LogP contribution in [0.5, 0.6) is 5.75 Å². The van der Waals surface area contributed by atoms with E-state index in [1.54, 1.807) is 45.0 Å². The SMILES string of the molecule is CCc1c/c(=N/NC(=O)C(NC(=O)OC(C)(C)C)c2ccccc2)oc2cc3c(cc12)CCC1(CCCCC1)O3. The number of nitrogens with one attached hydrogen (secondary N) is 2. The Balaban J connectivity index is 1.42. The monoisotopic (exact) mass is 545 g/mol. The van der Waals surface area contributed by atoms with E-state index < -0.39 is 23.6 Å². The summed E-state index contributed by atoms with van der Waals surface area (Å²) in [5.41, 5.74) is 5.65. The summed E-state index contributed by atoms with van der Waals surface area (Å²) in [6, 6.07) is 14.0. The van der Waals surface area contributed by atoms with Crippen molar-refractivity contribution in [1.82, 2.24) is 10.7 Å². The fourth-order valence-corrected chi connectivity index (χ4v) is 5.69. The van der Waals surface area contributed by atoms with Gasteiger partial charge in [0.25, 0.3) is 5.91 Å². The topological polar surface area (TPSA) is 102 Å². The first-order chi connectivity index (χ1) is 19.1. The van der Waals surface area contributed by atoms with Crippen molar-refractivity contribution in [2.24, 2.45) is 5.10 Å². The number of nitrogens with zero attached hydrogens (tertiary/aromatic N) is 1. The molecule has 1 unspecified atom stereocenters. The van der Waals surface area contributed by atoms with Crippen LogP contribution in [0, 0.1) is 0 Å². The third-order valence-corrected chi connectivity index (χ3v) is 7.68.